The molecule has 8 heteroatoms. The Hall–Kier alpha value is -1.68. The predicted molar refractivity (Wildman–Crippen MR) is 118 cm³/mol. The highest BCUT2D eigenvalue weighted by molar-refractivity contribution is 14.1. The molecule has 28 heavy (non-hydrogen) atoms. The fourth-order valence-corrected chi connectivity index (χ4v) is 4.50. The van der Waals surface area contributed by atoms with E-state index in [1.54, 1.807) is 18.2 Å². The second-order valence-corrected chi connectivity index (χ2v) is 9.75. The van der Waals surface area contributed by atoms with E-state index in [9.17, 15) is 17.6 Å². The first-order valence-electron chi connectivity index (χ1n) is 8.92. The number of anilines is 1. The lowest BCUT2D eigenvalue weighted by Gasteiger charge is -2.24. The van der Waals surface area contributed by atoms with Crippen LogP contribution in [0.3, 0.4) is 0 Å². The van der Waals surface area contributed by atoms with Gasteiger partial charge in [0.25, 0.3) is 0 Å². The normalized spacial score (nSPS) is 11.3. The summed E-state index contributed by atoms with van der Waals surface area (Å²) in [6, 6.07) is 11.7. The average molecular weight is 518 g/mol. The van der Waals surface area contributed by atoms with Crippen LogP contribution in [0.4, 0.5) is 10.1 Å². The van der Waals surface area contributed by atoms with Gasteiger partial charge in [-0.2, -0.15) is 0 Å². The van der Waals surface area contributed by atoms with Gasteiger partial charge in [0.05, 0.1) is 11.9 Å². The number of benzene rings is 2. The molecule has 0 heterocycles. The van der Waals surface area contributed by atoms with Crippen molar-refractivity contribution >= 4 is 44.2 Å². The van der Waals surface area contributed by atoms with Crippen LogP contribution >= 0.6 is 22.6 Å². The van der Waals surface area contributed by atoms with Crippen molar-refractivity contribution in [3.8, 4) is 0 Å². The average Bonchev–Trinajstić information content (AvgIpc) is 2.60. The third-order valence-electron chi connectivity index (χ3n) is 4.24. The van der Waals surface area contributed by atoms with Crippen molar-refractivity contribution in [2.45, 2.75) is 26.2 Å². The molecule has 0 saturated carbocycles. The highest BCUT2D eigenvalue weighted by Crippen LogP contribution is 2.24. The van der Waals surface area contributed by atoms with Crippen molar-refractivity contribution in [1.29, 1.82) is 0 Å². The zero-order valence-electron chi connectivity index (χ0n) is 15.9. The molecule has 2 aromatic carbocycles. The number of hydrogen-bond donors (Lipinski definition) is 1. The maximum atomic E-state index is 12.9. The Labute approximate surface area is 179 Å². The summed E-state index contributed by atoms with van der Waals surface area (Å²) in [5.74, 6) is -0.415. The first-order chi connectivity index (χ1) is 13.2. The van der Waals surface area contributed by atoms with Crippen LogP contribution in [0, 0.1) is 16.3 Å². The van der Waals surface area contributed by atoms with Crippen LogP contribution in [-0.2, 0) is 21.2 Å². The summed E-state index contributed by atoms with van der Waals surface area (Å²) in [6.45, 7) is 2.57. The molecule has 5 nitrogen and oxygen atoms in total. The van der Waals surface area contributed by atoms with Crippen molar-refractivity contribution in [2.75, 3.05) is 23.7 Å². The SMILES string of the molecule is Cc1cc(I)ccc1N(CCCC(=O)NCCc1ccc(F)cc1)S(C)(=O)=O. The lowest BCUT2D eigenvalue weighted by atomic mass is 10.1. The van der Waals surface area contributed by atoms with Gasteiger partial charge in [-0.3, -0.25) is 9.10 Å². The van der Waals surface area contributed by atoms with Crippen molar-refractivity contribution in [2.24, 2.45) is 0 Å². The van der Waals surface area contributed by atoms with Crippen LogP contribution in [0.5, 0.6) is 0 Å². The Bertz CT molecular complexity index is 918. The lowest BCUT2D eigenvalue weighted by Crippen LogP contribution is -2.33. The number of nitrogens with one attached hydrogen (secondary N) is 1. The Morgan fingerprint density at radius 3 is 2.46 bits per heavy atom. The fourth-order valence-electron chi connectivity index (χ4n) is 2.83. The van der Waals surface area contributed by atoms with Crippen LogP contribution in [0.15, 0.2) is 42.5 Å². The van der Waals surface area contributed by atoms with Gasteiger partial charge in [-0.1, -0.05) is 12.1 Å². The van der Waals surface area contributed by atoms with Crippen LogP contribution in [0.25, 0.3) is 0 Å². The molecule has 0 atom stereocenters. The molecule has 0 aromatic heterocycles. The molecule has 152 valence electrons. The van der Waals surface area contributed by atoms with Gasteiger partial charge in [0.1, 0.15) is 5.82 Å². The van der Waals surface area contributed by atoms with Crippen molar-refractivity contribution in [1.82, 2.24) is 5.32 Å². The molecule has 2 aromatic rings. The Kier molecular flexibility index (Phi) is 8.23. The molecule has 1 N–H and O–H groups in total. The molecule has 1 amide bonds. The summed E-state index contributed by atoms with van der Waals surface area (Å²) in [4.78, 5) is 12.0. The van der Waals surface area contributed by atoms with Gasteiger partial charge in [0.15, 0.2) is 0 Å². The molecule has 0 aliphatic rings. The van der Waals surface area contributed by atoms with E-state index >= 15 is 0 Å². The van der Waals surface area contributed by atoms with Gasteiger partial charge >= 0.3 is 0 Å². The molecule has 0 aliphatic heterocycles. The van der Waals surface area contributed by atoms with Gasteiger partial charge in [-0.25, -0.2) is 12.8 Å². The molecule has 0 unspecified atom stereocenters. The summed E-state index contributed by atoms with van der Waals surface area (Å²) in [5.41, 5.74) is 2.46. The zero-order valence-corrected chi connectivity index (χ0v) is 18.9. The lowest BCUT2D eigenvalue weighted by molar-refractivity contribution is -0.121. The number of carbonyl (C=O) groups excluding carboxylic acids is 1. The number of hydrogen-bond acceptors (Lipinski definition) is 3. The second-order valence-electron chi connectivity index (χ2n) is 6.60. The first kappa shape index (κ1) is 22.6. The number of aryl methyl sites for hydroxylation is 1. The van der Waals surface area contributed by atoms with E-state index in [-0.39, 0.29) is 24.7 Å². The molecule has 0 spiro atoms. The monoisotopic (exact) mass is 518 g/mol. The van der Waals surface area contributed by atoms with Crippen LogP contribution in [0.1, 0.15) is 24.0 Å². The zero-order chi connectivity index (χ0) is 20.7. The number of sulfonamides is 1. The molecule has 0 aliphatic carbocycles. The fraction of sp³-hybridized carbons (Fsp3) is 0.350. The largest absolute Gasteiger partial charge is 0.356 e. The summed E-state index contributed by atoms with van der Waals surface area (Å²) >= 11 is 2.18. The van der Waals surface area contributed by atoms with Crippen molar-refractivity contribution in [3.63, 3.8) is 0 Å². The van der Waals surface area contributed by atoms with E-state index in [4.69, 9.17) is 0 Å². The number of amides is 1. The molecular formula is C20H24FIN2O3S. The third-order valence-corrected chi connectivity index (χ3v) is 6.09. The quantitative estimate of drug-likeness (QED) is 0.516. The number of rotatable bonds is 9. The van der Waals surface area contributed by atoms with E-state index in [0.29, 0.717) is 25.1 Å². The smallest absolute Gasteiger partial charge is 0.232 e. The number of nitrogens with zero attached hydrogens (tertiary/aromatic N) is 1. The number of carbonyl (C=O) groups is 1. The molecule has 0 saturated heterocycles. The Morgan fingerprint density at radius 1 is 1.18 bits per heavy atom. The van der Waals surface area contributed by atoms with Gasteiger partial charge in [0.2, 0.25) is 15.9 Å². The van der Waals surface area contributed by atoms with E-state index in [1.807, 2.05) is 19.1 Å². The molecule has 2 rings (SSSR count). The standard InChI is InChI=1S/C20H24FIN2O3S/c1-15-14-18(22)9-10-19(15)24(28(2,26)27)13-3-4-20(25)23-12-11-16-5-7-17(21)8-6-16/h5-10,14H,3-4,11-13H2,1-2H3,(H,23,25). The van der Waals surface area contributed by atoms with Gasteiger partial charge < -0.3 is 5.32 Å². The highest BCUT2D eigenvalue weighted by Gasteiger charge is 2.19. The summed E-state index contributed by atoms with van der Waals surface area (Å²) in [7, 11) is -3.44. The minimum absolute atomic E-state index is 0.130. The molecular weight excluding hydrogens is 494 g/mol. The summed E-state index contributed by atoms with van der Waals surface area (Å²) < 4.78 is 39.7. The Balaban J connectivity index is 1.84. The Morgan fingerprint density at radius 2 is 1.86 bits per heavy atom. The molecule has 0 fully saturated rings. The predicted octanol–water partition coefficient (Wildman–Crippen LogP) is 3.64. The van der Waals surface area contributed by atoms with E-state index in [2.05, 4.69) is 27.9 Å². The minimum atomic E-state index is -3.44. The second kappa shape index (κ2) is 10.2. The van der Waals surface area contributed by atoms with E-state index < -0.39 is 10.0 Å². The topological polar surface area (TPSA) is 66.5 Å². The van der Waals surface area contributed by atoms with Crippen molar-refractivity contribution < 1.29 is 17.6 Å². The van der Waals surface area contributed by atoms with Crippen LogP contribution < -0.4 is 9.62 Å². The first-order valence-corrected chi connectivity index (χ1v) is 11.8. The third kappa shape index (κ3) is 7.05. The number of halogens is 2. The summed E-state index contributed by atoms with van der Waals surface area (Å²) in [6.07, 6.45) is 2.44. The molecule has 0 bridgehead atoms. The van der Waals surface area contributed by atoms with E-state index in [1.165, 1.54) is 22.7 Å². The van der Waals surface area contributed by atoms with Gasteiger partial charge in [0, 0.05) is 23.1 Å². The maximum Gasteiger partial charge on any atom is 0.232 e. The minimum Gasteiger partial charge on any atom is -0.356 e. The van der Waals surface area contributed by atoms with E-state index in [0.717, 1.165) is 14.7 Å². The van der Waals surface area contributed by atoms with Gasteiger partial charge in [-0.05, 0) is 83.8 Å². The van der Waals surface area contributed by atoms with Crippen LogP contribution in [-0.4, -0.2) is 33.7 Å². The van der Waals surface area contributed by atoms with Gasteiger partial charge in [-0.15, -0.1) is 0 Å². The highest BCUT2D eigenvalue weighted by atomic mass is 127. The maximum absolute atomic E-state index is 12.9. The molecule has 0 radical (unpaired) electrons. The summed E-state index contributed by atoms with van der Waals surface area (Å²) in [5, 5.41) is 2.82. The van der Waals surface area contributed by atoms with Crippen molar-refractivity contribution in [3.05, 3.63) is 63.0 Å². The van der Waals surface area contributed by atoms with Crippen LogP contribution in [0.2, 0.25) is 0 Å².